The van der Waals surface area contributed by atoms with Crippen LogP contribution < -0.4 is 5.32 Å². The lowest BCUT2D eigenvalue weighted by Gasteiger charge is -2.33. The molecule has 0 amide bonds. The van der Waals surface area contributed by atoms with Gasteiger partial charge in [0.25, 0.3) is 0 Å². The summed E-state index contributed by atoms with van der Waals surface area (Å²) in [6, 6.07) is 2.71. The van der Waals surface area contributed by atoms with Gasteiger partial charge in [0.15, 0.2) is 0 Å². The molecule has 1 fully saturated rings. The molecule has 1 heterocycles. The standard InChI is InChI=1S/C14H22ClNS/c1-9-8-11(17-13(9)15)12(16-4)10-6-5-7-14(10,2)3/h8,10,12,16H,5-7H2,1-4H3. The number of rotatable bonds is 3. The minimum atomic E-state index is 0.443. The van der Waals surface area contributed by atoms with Gasteiger partial charge in [-0.15, -0.1) is 11.3 Å². The number of thiophene rings is 1. The molecule has 2 atom stereocenters. The van der Waals surface area contributed by atoms with Crippen molar-refractivity contribution in [1.29, 1.82) is 0 Å². The summed E-state index contributed by atoms with van der Waals surface area (Å²) in [5.74, 6) is 0.724. The van der Waals surface area contributed by atoms with E-state index in [4.69, 9.17) is 11.6 Å². The molecule has 0 spiro atoms. The molecule has 1 N–H and O–H groups in total. The van der Waals surface area contributed by atoms with Crippen molar-refractivity contribution in [2.24, 2.45) is 11.3 Å². The SMILES string of the molecule is CNC(c1cc(C)c(Cl)s1)C1CCCC1(C)C. The van der Waals surface area contributed by atoms with E-state index in [0.717, 1.165) is 10.3 Å². The largest absolute Gasteiger partial charge is 0.312 e. The highest BCUT2D eigenvalue weighted by molar-refractivity contribution is 7.16. The van der Waals surface area contributed by atoms with Crippen LogP contribution in [0.4, 0.5) is 0 Å². The van der Waals surface area contributed by atoms with E-state index in [-0.39, 0.29) is 0 Å². The van der Waals surface area contributed by atoms with Crippen molar-refractivity contribution in [3.63, 3.8) is 0 Å². The highest BCUT2D eigenvalue weighted by Crippen LogP contribution is 2.50. The molecule has 2 unspecified atom stereocenters. The van der Waals surface area contributed by atoms with Gasteiger partial charge in [0.05, 0.1) is 4.34 Å². The van der Waals surface area contributed by atoms with Gasteiger partial charge in [-0.2, -0.15) is 0 Å². The van der Waals surface area contributed by atoms with Gasteiger partial charge >= 0.3 is 0 Å². The maximum Gasteiger partial charge on any atom is 0.0960 e. The van der Waals surface area contributed by atoms with Gasteiger partial charge in [-0.25, -0.2) is 0 Å². The lowest BCUT2D eigenvalue weighted by Crippen LogP contribution is -2.31. The molecule has 1 aromatic rings. The predicted molar refractivity (Wildman–Crippen MR) is 77.0 cm³/mol. The van der Waals surface area contributed by atoms with E-state index in [1.54, 1.807) is 11.3 Å². The van der Waals surface area contributed by atoms with Crippen molar-refractivity contribution in [2.75, 3.05) is 7.05 Å². The van der Waals surface area contributed by atoms with E-state index >= 15 is 0 Å². The summed E-state index contributed by atoms with van der Waals surface area (Å²) in [6.45, 7) is 6.89. The van der Waals surface area contributed by atoms with Gasteiger partial charge in [-0.05, 0) is 49.8 Å². The second-order valence-corrected chi connectivity index (χ2v) is 7.54. The van der Waals surface area contributed by atoms with Gasteiger partial charge in [0.1, 0.15) is 0 Å². The second kappa shape index (κ2) is 4.91. The first-order valence-electron chi connectivity index (χ1n) is 6.39. The Bertz CT molecular complexity index is 377. The summed E-state index contributed by atoms with van der Waals surface area (Å²) in [5, 5.41) is 3.51. The average Bonchev–Trinajstić information content (AvgIpc) is 2.74. The van der Waals surface area contributed by atoms with Crippen molar-refractivity contribution in [1.82, 2.24) is 5.32 Å². The Hall–Kier alpha value is -0.0500. The van der Waals surface area contributed by atoms with Gasteiger partial charge in [0, 0.05) is 10.9 Å². The van der Waals surface area contributed by atoms with Gasteiger partial charge in [-0.1, -0.05) is 31.9 Å². The number of hydrogen-bond donors (Lipinski definition) is 1. The Morgan fingerprint density at radius 3 is 2.65 bits per heavy atom. The highest BCUT2D eigenvalue weighted by Gasteiger charge is 2.40. The molecule has 3 heteroatoms. The molecule has 0 aromatic carbocycles. The van der Waals surface area contributed by atoms with Crippen LogP contribution in [-0.4, -0.2) is 7.05 Å². The molecule has 1 aliphatic rings. The Morgan fingerprint density at radius 1 is 1.53 bits per heavy atom. The van der Waals surface area contributed by atoms with Crippen LogP contribution in [0.1, 0.15) is 49.6 Å². The Kier molecular flexibility index (Phi) is 3.86. The third kappa shape index (κ3) is 2.54. The number of halogens is 1. The van der Waals surface area contributed by atoms with E-state index in [0.29, 0.717) is 11.5 Å². The Morgan fingerprint density at radius 2 is 2.24 bits per heavy atom. The van der Waals surface area contributed by atoms with Crippen LogP contribution in [0.5, 0.6) is 0 Å². The van der Waals surface area contributed by atoms with E-state index in [9.17, 15) is 0 Å². The van der Waals surface area contributed by atoms with Crippen LogP contribution in [0.2, 0.25) is 4.34 Å². The third-order valence-corrected chi connectivity index (χ3v) is 5.87. The molecule has 1 saturated carbocycles. The first-order valence-corrected chi connectivity index (χ1v) is 7.58. The second-order valence-electron chi connectivity index (χ2n) is 5.86. The summed E-state index contributed by atoms with van der Waals surface area (Å²) in [6.07, 6.45) is 4.02. The van der Waals surface area contributed by atoms with Crippen LogP contribution in [0.25, 0.3) is 0 Å². The van der Waals surface area contributed by atoms with Crippen LogP contribution in [0, 0.1) is 18.3 Å². The molecule has 0 aliphatic heterocycles. The van der Waals surface area contributed by atoms with E-state index in [1.165, 1.54) is 29.7 Å². The van der Waals surface area contributed by atoms with E-state index < -0.39 is 0 Å². The normalized spacial score (nSPS) is 25.1. The summed E-state index contributed by atoms with van der Waals surface area (Å²) in [4.78, 5) is 1.40. The molecule has 96 valence electrons. The lowest BCUT2D eigenvalue weighted by molar-refractivity contribution is 0.205. The summed E-state index contributed by atoms with van der Waals surface area (Å²) >= 11 is 7.94. The zero-order valence-corrected chi connectivity index (χ0v) is 12.7. The Labute approximate surface area is 114 Å². The summed E-state index contributed by atoms with van der Waals surface area (Å²) < 4.78 is 0.941. The van der Waals surface area contributed by atoms with E-state index in [1.807, 2.05) is 0 Å². The highest BCUT2D eigenvalue weighted by atomic mass is 35.5. The number of hydrogen-bond acceptors (Lipinski definition) is 2. The molecule has 0 saturated heterocycles. The fraction of sp³-hybridized carbons (Fsp3) is 0.714. The smallest absolute Gasteiger partial charge is 0.0960 e. The molecule has 0 radical (unpaired) electrons. The first-order chi connectivity index (χ1) is 7.95. The maximum absolute atomic E-state index is 6.20. The van der Waals surface area contributed by atoms with Crippen LogP contribution in [0.15, 0.2) is 6.07 Å². The molecule has 1 nitrogen and oxygen atoms in total. The van der Waals surface area contributed by atoms with Crippen LogP contribution in [0.3, 0.4) is 0 Å². The molecule has 17 heavy (non-hydrogen) atoms. The van der Waals surface area contributed by atoms with Crippen LogP contribution >= 0.6 is 22.9 Å². The molecular formula is C14H22ClNS. The zero-order valence-electron chi connectivity index (χ0n) is 11.1. The van der Waals surface area contributed by atoms with Crippen molar-refractivity contribution in [3.8, 4) is 0 Å². The van der Waals surface area contributed by atoms with Crippen molar-refractivity contribution in [2.45, 2.75) is 46.1 Å². The third-order valence-electron chi connectivity index (χ3n) is 4.24. The average molecular weight is 272 g/mol. The van der Waals surface area contributed by atoms with Gasteiger partial charge < -0.3 is 5.32 Å². The molecular weight excluding hydrogens is 250 g/mol. The lowest BCUT2D eigenvalue weighted by atomic mass is 9.77. The van der Waals surface area contributed by atoms with Gasteiger partial charge in [-0.3, -0.25) is 0 Å². The first kappa shape index (κ1) is 13.4. The quantitative estimate of drug-likeness (QED) is 0.833. The Balaban J connectivity index is 2.27. The minimum absolute atomic E-state index is 0.443. The van der Waals surface area contributed by atoms with Crippen molar-refractivity contribution < 1.29 is 0 Å². The van der Waals surface area contributed by atoms with Crippen molar-refractivity contribution in [3.05, 3.63) is 20.8 Å². The van der Waals surface area contributed by atoms with Crippen molar-refractivity contribution >= 4 is 22.9 Å². The van der Waals surface area contributed by atoms with Crippen LogP contribution in [-0.2, 0) is 0 Å². The molecule has 1 aromatic heterocycles. The fourth-order valence-electron chi connectivity index (χ4n) is 3.15. The monoisotopic (exact) mass is 271 g/mol. The van der Waals surface area contributed by atoms with E-state index in [2.05, 4.69) is 39.2 Å². The molecule has 2 rings (SSSR count). The fourth-order valence-corrected chi connectivity index (χ4v) is 4.54. The molecule has 1 aliphatic carbocycles. The number of nitrogens with one attached hydrogen (secondary N) is 1. The minimum Gasteiger partial charge on any atom is -0.312 e. The maximum atomic E-state index is 6.20. The topological polar surface area (TPSA) is 12.0 Å². The predicted octanol–water partition coefficient (Wildman–Crippen LogP) is 4.80. The summed E-state index contributed by atoms with van der Waals surface area (Å²) in [7, 11) is 2.07. The van der Waals surface area contributed by atoms with Gasteiger partial charge in [0.2, 0.25) is 0 Å². The summed E-state index contributed by atoms with van der Waals surface area (Å²) in [5.41, 5.74) is 1.65. The number of aryl methyl sites for hydroxylation is 1. The zero-order chi connectivity index (χ0) is 12.6. The molecule has 0 bridgehead atoms.